The Morgan fingerprint density at radius 1 is 1.04 bits per heavy atom. The molecule has 0 aliphatic carbocycles. The predicted octanol–water partition coefficient (Wildman–Crippen LogP) is 3.26. The summed E-state index contributed by atoms with van der Waals surface area (Å²) in [6.07, 6.45) is 1.55. The summed E-state index contributed by atoms with van der Waals surface area (Å²) >= 11 is 0. The zero-order valence-electron chi connectivity index (χ0n) is 15.8. The van der Waals surface area contributed by atoms with Crippen LogP contribution in [0.2, 0.25) is 0 Å². The summed E-state index contributed by atoms with van der Waals surface area (Å²) in [6, 6.07) is 16.9. The molecule has 0 unspecified atom stereocenters. The molecule has 0 radical (unpaired) electrons. The molecule has 7 nitrogen and oxygen atoms in total. The van der Waals surface area contributed by atoms with E-state index in [1.165, 1.54) is 0 Å². The van der Waals surface area contributed by atoms with Gasteiger partial charge in [-0.2, -0.15) is 0 Å². The van der Waals surface area contributed by atoms with Crippen LogP contribution in [0.3, 0.4) is 0 Å². The quantitative estimate of drug-likeness (QED) is 0.543. The molecular formula is C21H23N3O4. The first-order chi connectivity index (χ1) is 13.7. The minimum atomic E-state index is -0.0217. The first-order valence-electron chi connectivity index (χ1n) is 9.16. The molecule has 1 N–H and O–H groups in total. The topological polar surface area (TPSA) is 86.5 Å². The largest absolute Gasteiger partial charge is 0.497 e. The minimum Gasteiger partial charge on any atom is -0.497 e. The number of hydrogen-bond donors (Lipinski definition) is 1. The Kier molecular flexibility index (Phi) is 7.01. The Bertz CT molecular complexity index is 863. The fourth-order valence-corrected chi connectivity index (χ4v) is 2.54. The van der Waals surface area contributed by atoms with E-state index in [9.17, 15) is 4.79 Å². The number of aromatic nitrogens is 2. The second-order valence-electron chi connectivity index (χ2n) is 6.09. The van der Waals surface area contributed by atoms with E-state index >= 15 is 0 Å². The van der Waals surface area contributed by atoms with Crippen molar-refractivity contribution in [3.63, 3.8) is 0 Å². The van der Waals surface area contributed by atoms with Crippen molar-refractivity contribution >= 4 is 5.91 Å². The molecule has 1 amide bonds. The van der Waals surface area contributed by atoms with Crippen LogP contribution in [0.25, 0.3) is 11.5 Å². The van der Waals surface area contributed by atoms with Crippen molar-refractivity contribution in [3.05, 3.63) is 60.5 Å². The lowest BCUT2D eigenvalue weighted by molar-refractivity contribution is -0.121. The van der Waals surface area contributed by atoms with Crippen molar-refractivity contribution in [1.29, 1.82) is 0 Å². The maximum Gasteiger partial charge on any atom is 0.247 e. The molecule has 146 valence electrons. The first-order valence-corrected chi connectivity index (χ1v) is 9.16. The predicted molar refractivity (Wildman–Crippen MR) is 104 cm³/mol. The molecule has 1 heterocycles. The second kappa shape index (κ2) is 10.1. The van der Waals surface area contributed by atoms with Gasteiger partial charge in [0.2, 0.25) is 17.7 Å². The number of amides is 1. The monoisotopic (exact) mass is 381 g/mol. The Morgan fingerprint density at radius 3 is 2.57 bits per heavy atom. The van der Waals surface area contributed by atoms with E-state index in [4.69, 9.17) is 13.9 Å². The Balaban J connectivity index is 1.34. The van der Waals surface area contributed by atoms with Gasteiger partial charge in [0.1, 0.15) is 11.5 Å². The van der Waals surface area contributed by atoms with E-state index in [2.05, 4.69) is 15.5 Å². The van der Waals surface area contributed by atoms with E-state index in [-0.39, 0.29) is 5.91 Å². The average Bonchev–Trinajstić information content (AvgIpc) is 3.21. The van der Waals surface area contributed by atoms with Gasteiger partial charge >= 0.3 is 0 Å². The number of benzene rings is 2. The van der Waals surface area contributed by atoms with Gasteiger partial charge in [-0.3, -0.25) is 4.79 Å². The molecule has 0 spiro atoms. The average molecular weight is 381 g/mol. The van der Waals surface area contributed by atoms with Crippen molar-refractivity contribution in [1.82, 2.24) is 15.5 Å². The number of methoxy groups -OCH3 is 1. The highest BCUT2D eigenvalue weighted by molar-refractivity contribution is 5.75. The van der Waals surface area contributed by atoms with Gasteiger partial charge in [0.25, 0.3) is 0 Å². The van der Waals surface area contributed by atoms with Gasteiger partial charge in [-0.05, 0) is 42.8 Å². The minimum absolute atomic E-state index is 0.0217. The van der Waals surface area contributed by atoms with Gasteiger partial charge in [0.15, 0.2) is 0 Å². The van der Waals surface area contributed by atoms with Crippen LogP contribution in [-0.4, -0.2) is 36.4 Å². The number of hydrogen-bond acceptors (Lipinski definition) is 6. The van der Waals surface area contributed by atoms with Crippen LogP contribution < -0.4 is 14.8 Å². The van der Waals surface area contributed by atoms with Gasteiger partial charge in [-0.15, -0.1) is 10.2 Å². The number of rotatable bonds is 10. The molecule has 7 heteroatoms. The van der Waals surface area contributed by atoms with Crippen molar-refractivity contribution in [2.45, 2.75) is 19.3 Å². The van der Waals surface area contributed by atoms with Crippen LogP contribution in [-0.2, 0) is 11.2 Å². The second-order valence-corrected chi connectivity index (χ2v) is 6.09. The highest BCUT2D eigenvalue weighted by atomic mass is 16.5. The third kappa shape index (κ3) is 5.84. The number of carbonyl (C=O) groups excluding carboxylic acids is 1. The van der Waals surface area contributed by atoms with Crippen molar-refractivity contribution in [3.8, 4) is 23.0 Å². The summed E-state index contributed by atoms with van der Waals surface area (Å²) in [4.78, 5) is 11.9. The van der Waals surface area contributed by atoms with Crippen LogP contribution in [0.5, 0.6) is 11.5 Å². The van der Waals surface area contributed by atoms with Gasteiger partial charge in [0, 0.05) is 24.9 Å². The molecule has 0 bridgehead atoms. The zero-order chi connectivity index (χ0) is 19.6. The smallest absolute Gasteiger partial charge is 0.247 e. The summed E-state index contributed by atoms with van der Waals surface area (Å²) in [5.74, 6) is 2.49. The van der Waals surface area contributed by atoms with Crippen molar-refractivity contribution in [2.75, 3.05) is 20.3 Å². The molecule has 2 aromatic carbocycles. The molecule has 0 aliphatic heterocycles. The maximum absolute atomic E-state index is 11.9. The van der Waals surface area contributed by atoms with Crippen molar-refractivity contribution < 1.29 is 18.7 Å². The maximum atomic E-state index is 11.9. The number of para-hydroxylation sites is 1. The Labute approximate surface area is 163 Å². The van der Waals surface area contributed by atoms with E-state index < -0.39 is 0 Å². The number of nitrogens with one attached hydrogen (secondary N) is 1. The van der Waals surface area contributed by atoms with E-state index in [1.54, 1.807) is 7.11 Å². The third-order valence-corrected chi connectivity index (χ3v) is 4.02. The molecule has 0 atom stereocenters. The van der Waals surface area contributed by atoms with Crippen molar-refractivity contribution in [2.24, 2.45) is 0 Å². The van der Waals surface area contributed by atoms with Crippen LogP contribution >= 0.6 is 0 Å². The Hall–Kier alpha value is -3.35. The lowest BCUT2D eigenvalue weighted by Gasteiger charge is -2.06. The van der Waals surface area contributed by atoms with E-state index in [0.29, 0.717) is 44.2 Å². The number of nitrogens with zero attached hydrogens (tertiary/aromatic N) is 2. The molecule has 0 saturated heterocycles. The standard InChI is InChI=1S/C21H23N3O4/c1-26-17-11-9-16(10-12-17)21-24-23-20(28-21)13-14-22-19(25)8-5-15-27-18-6-3-2-4-7-18/h2-4,6-7,9-12H,5,8,13-15H2,1H3,(H,22,25). The van der Waals surface area contributed by atoms with E-state index in [0.717, 1.165) is 17.1 Å². The van der Waals surface area contributed by atoms with E-state index in [1.807, 2.05) is 54.6 Å². The highest BCUT2D eigenvalue weighted by Gasteiger charge is 2.09. The summed E-state index contributed by atoms with van der Waals surface area (Å²) in [6.45, 7) is 0.953. The highest BCUT2D eigenvalue weighted by Crippen LogP contribution is 2.21. The zero-order valence-corrected chi connectivity index (χ0v) is 15.8. The van der Waals surface area contributed by atoms with Gasteiger partial charge in [0.05, 0.1) is 13.7 Å². The summed E-state index contributed by atoms with van der Waals surface area (Å²) in [5.41, 5.74) is 0.821. The number of carbonyl (C=O) groups is 1. The van der Waals surface area contributed by atoms with Gasteiger partial charge in [-0.25, -0.2) is 0 Å². The third-order valence-electron chi connectivity index (χ3n) is 4.02. The summed E-state index contributed by atoms with van der Waals surface area (Å²) < 4.78 is 16.3. The van der Waals surface area contributed by atoms with Crippen LogP contribution in [0.15, 0.2) is 59.0 Å². The van der Waals surface area contributed by atoms with Crippen LogP contribution in [0.1, 0.15) is 18.7 Å². The summed E-state index contributed by atoms with van der Waals surface area (Å²) in [7, 11) is 1.62. The summed E-state index contributed by atoms with van der Waals surface area (Å²) in [5, 5.41) is 10.9. The first kappa shape index (κ1) is 19.4. The molecule has 0 fully saturated rings. The fraction of sp³-hybridized carbons (Fsp3) is 0.286. The van der Waals surface area contributed by atoms with Gasteiger partial charge < -0.3 is 19.2 Å². The SMILES string of the molecule is COc1ccc(-c2nnc(CCNC(=O)CCCOc3ccccc3)o2)cc1. The Morgan fingerprint density at radius 2 is 1.82 bits per heavy atom. The van der Waals surface area contributed by atoms with Gasteiger partial charge in [-0.1, -0.05) is 18.2 Å². The lowest BCUT2D eigenvalue weighted by atomic mass is 10.2. The van der Waals surface area contributed by atoms with Crippen LogP contribution in [0.4, 0.5) is 0 Å². The molecular weight excluding hydrogens is 358 g/mol. The fourth-order valence-electron chi connectivity index (χ4n) is 2.54. The van der Waals surface area contributed by atoms with Crippen LogP contribution in [0, 0.1) is 0 Å². The molecule has 3 rings (SSSR count). The normalized spacial score (nSPS) is 10.5. The molecule has 0 aliphatic rings. The number of ether oxygens (including phenoxy) is 2. The molecule has 3 aromatic rings. The lowest BCUT2D eigenvalue weighted by Crippen LogP contribution is -2.25. The molecule has 1 aromatic heterocycles. The molecule has 0 saturated carbocycles. The molecule has 28 heavy (non-hydrogen) atoms.